The van der Waals surface area contributed by atoms with Crippen LogP contribution in [0.1, 0.15) is 22.3 Å². The van der Waals surface area contributed by atoms with Gasteiger partial charge < -0.3 is 5.11 Å². The van der Waals surface area contributed by atoms with Gasteiger partial charge in [-0.15, -0.1) is 11.8 Å². The van der Waals surface area contributed by atoms with E-state index in [0.29, 0.717) is 6.42 Å². The summed E-state index contributed by atoms with van der Waals surface area (Å²) in [7, 11) is 0. The number of halogens is 1. The zero-order valence-electron chi connectivity index (χ0n) is 14.2. The molecule has 0 bridgehead atoms. The van der Waals surface area contributed by atoms with Crippen LogP contribution in [0.4, 0.5) is 4.39 Å². The third-order valence-corrected chi connectivity index (χ3v) is 5.23. The number of carbonyl (C=O) groups is 1. The zero-order valence-corrected chi connectivity index (χ0v) is 15.0. The van der Waals surface area contributed by atoms with Gasteiger partial charge in [-0.3, -0.25) is 4.79 Å². The summed E-state index contributed by atoms with van der Waals surface area (Å²) in [6.45, 7) is 1.92. The summed E-state index contributed by atoms with van der Waals surface area (Å²) < 4.78 is 13.8. The molecule has 128 valence electrons. The van der Waals surface area contributed by atoms with Crippen LogP contribution in [0.3, 0.4) is 0 Å². The maximum absolute atomic E-state index is 13.8. The predicted molar refractivity (Wildman–Crippen MR) is 101 cm³/mol. The second kappa shape index (κ2) is 7.28. The molecule has 0 radical (unpaired) electrons. The first-order valence-electron chi connectivity index (χ1n) is 8.03. The molecule has 2 nitrogen and oxygen atoms in total. The number of hydrogen-bond acceptors (Lipinski definition) is 2. The molecule has 0 saturated heterocycles. The Labute approximate surface area is 150 Å². The van der Waals surface area contributed by atoms with Crippen molar-refractivity contribution in [3.05, 3.63) is 76.6 Å². The Morgan fingerprint density at radius 3 is 2.48 bits per heavy atom. The Morgan fingerprint density at radius 2 is 1.84 bits per heavy atom. The van der Waals surface area contributed by atoms with Crippen molar-refractivity contribution in [2.75, 3.05) is 6.26 Å². The quantitative estimate of drug-likeness (QED) is 0.638. The van der Waals surface area contributed by atoms with E-state index in [1.165, 1.54) is 11.0 Å². The third-order valence-electron chi connectivity index (χ3n) is 4.49. The summed E-state index contributed by atoms with van der Waals surface area (Å²) in [6.07, 6.45) is 2.65. The van der Waals surface area contributed by atoms with E-state index in [9.17, 15) is 14.3 Å². The molecule has 0 heterocycles. The average Bonchev–Trinajstić information content (AvgIpc) is 2.59. The fourth-order valence-corrected chi connectivity index (χ4v) is 3.54. The molecular weight excluding hydrogens is 335 g/mol. The molecule has 3 aromatic carbocycles. The third kappa shape index (κ3) is 3.85. The van der Waals surface area contributed by atoms with Crippen LogP contribution in [-0.4, -0.2) is 17.3 Å². The summed E-state index contributed by atoms with van der Waals surface area (Å²) in [6, 6.07) is 14.8. The van der Waals surface area contributed by atoms with Crippen LogP contribution in [0.5, 0.6) is 0 Å². The van der Waals surface area contributed by atoms with Crippen molar-refractivity contribution in [1.82, 2.24) is 0 Å². The lowest BCUT2D eigenvalue weighted by molar-refractivity contribution is -0.136. The Balaban J connectivity index is 2.13. The van der Waals surface area contributed by atoms with Crippen molar-refractivity contribution in [2.24, 2.45) is 0 Å². The fraction of sp³-hybridized carbons (Fsp3) is 0.190. The van der Waals surface area contributed by atoms with Crippen LogP contribution in [0.2, 0.25) is 0 Å². The maximum atomic E-state index is 13.8. The summed E-state index contributed by atoms with van der Waals surface area (Å²) in [5, 5.41) is 10.9. The first kappa shape index (κ1) is 17.5. The lowest BCUT2D eigenvalue weighted by Gasteiger charge is -2.15. The minimum Gasteiger partial charge on any atom is -0.481 e. The van der Waals surface area contributed by atoms with Gasteiger partial charge in [0.25, 0.3) is 0 Å². The SMILES string of the molecule is CSc1ccc(Cc2c(C)c(CC(=O)O)cc3ccc(F)cc23)cc1. The lowest BCUT2D eigenvalue weighted by Crippen LogP contribution is -2.05. The van der Waals surface area contributed by atoms with E-state index in [1.807, 2.05) is 19.2 Å². The lowest BCUT2D eigenvalue weighted by atomic mass is 9.90. The van der Waals surface area contributed by atoms with Gasteiger partial charge >= 0.3 is 5.97 Å². The normalized spacial score (nSPS) is 11.0. The molecule has 4 heteroatoms. The number of rotatable bonds is 5. The Morgan fingerprint density at radius 1 is 1.12 bits per heavy atom. The highest BCUT2D eigenvalue weighted by Gasteiger charge is 2.14. The van der Waals surface area contributed by atoms with E-state index in [2.05, 4.69) is 24.3 Å². The van der Waals surface area contributed by atoms with Gasteiger partial charge in [0.05, 0.1) is 6.42 Å². The molecule has 0 fully saturated rings. The van der Waals surface area contributed by atoms with Crippen molar-refractivity contribution in [3.63, 3.8) is 0 Å². The Hall–Kier alpha value is -2.33. The number of benzene rings is 3. The maximum Gasteiger partial charge on any atom is 0.307 e. The molecule has 0 unspecified atom stereocenters. The first-order valence-corrected chi connectivity index (χ1v) is 9.25. The molecule has 0 aromatic heterocycles. The number of hydrogen-bond donors (Lipinski definition) is 1. The van der Waals surface area contributed by atoms with Gasteiger partial charge in [0.1, 0.15) is 5.82 Å². The highest BCUT2D eigenvalue weighted by atomic mass is 32.2. The summed E-state index contributed by atoms with van der Waals surface area (Å²) in [4.78, 5) is 12.4. The van der Waals surface area contributed by atoms with E-state index in [1.54, 1.807) is 23.9 Å². The number of thioether (sulfide) groups is 1. The van der Waals surface area contributed by atoms with E-state index in [4.69, 9.17) is 0 Å². The van der Waals surface area contributed by atoms with Gasteiger partial charge in [-0.2, -0.15) is 0 Å². The van der Waals surface area contributed by atoms with Crippen LogP contribution in [-0.2, 0) is 17.6 Å². The van der Waals surface area contributed by atoms with Gasteiger partial charge in [-0.05, 0) is 76.9 Å². The smallest absolute Gasteiger partial charge is 0.307 e. The van der Waals surface area contributed by atoms with Crippen LogP contribution in [0.15, 0.2) is 53.4 Å². The highest BCUT2D eigenvalue weighted by Crippen LogP contribution is 2.29. The van der Waals surface area contributed by atoms with Crippen molar-refractivity contribution in [3.8, 4) is 0 Å². The monoisotopic (exact) mass is 354 g/mol. The van der Waals surface area contributed by atoms with Gasteiger partial charge in [0.2, 0.25) is 0 Å². The van der Waals surface area contributed by atoms with Gasteiger partial charge in [-0.25, -0.2) is 4.39 Å². The molecule has 0 aliphatic heterocycles. The number of carboxylic acid groups (broad SMARTS) is 1. The van der Waals surface area contributed by atoms with Crippen LogP contribution in [0.25, 0.3) is 10.8 Å². The molecule has 0 aliphatic carbocycles. The number of aliphatic carboxylic acids is 1. The zero-order chi connectivity index (χ0) is 18.0. The average molecular weight is 354 g/mol. The van der Waals surface area contributed by atoms with E-state index >= 15 is 0 Å². The van der Waals surface area contributed by atoms with Crippen LogP contribution in [0, 0.1) is 12.7 Å². The van der Waals surface area contributed by atoms with Crippen molar-refractivity contribution in [1.29, 1.82) is 0 Å². The standard InChI is InChI=1S/C21H19FO2S/c1-13-16(11-21(23)24)10-15-5-6-17(22)12-20(15)19(13)9-14-3-7-18(25-2)8-4-14/h3-8,10,12H,9,11H2,1-2H3,(H,23,24). The Kier molecular flexibility index (Phi) is 5.09. The van der Waals surface area contributed by atoms with Gasteiger partial charge in [0, 0.05) is 4.90 Å². The van der Waals surface area contributed by atoms with Crippen LogP contribution < -0.4 is 0 Å². The van der Waals surface area contributed by atoms with Crippen molar-refractivity contribution in [2.45, 2.75) is 24.7 Å². The van der Waals surface area contributed by atoms with Crippen molar-refractivity contribution >= 4 is 28.5 Å². The summed E-state index contributed by atoms with van der Waals surface area (Å²) in [5.74, 6) is -1.14. The topological polar surface area (TPSA) is 37.3 Å². The second-order valence-electron chi connectivity index (χ2n) is 6.10. The molecule has 1 N–H and O–H groups in total. The number of fused-ring (bicyclic) bond motifs is 1. The summed E-state index contributed by atoms with van der Waals surface area (Å²) in [5.41, 5.74) is 3.82. The first-order chi connectivity index (χ1) is 12.0. The van der Waals surface area contributed by atoms with Crippen molar-refractivity contribution < 1.29 is 14.3 Å². The van der Waals surface area contributed by atoms with Gasteiger partial charge in [-0.1, -0.05) is 24.3 Å². The molecule has 0 aliphatic rings. The van der Waals surface area contributed by atoms with Gasteiger partial charge in [0.15, 0.2) is 0 Å². The minimum atomic E-state index is -0.861. The molecule has 3 aromatic rings. The molecule has 0 amide bonds. The Bertz CT molecular complexity index is 933. The second-order valence-corrected chi connectivity index (χ2v) is 6.98. The minimum absolute atomic E-state index is 0.0302. The van der Waals surface area contributed by atoms with E-state index < -0.39 is 5.97 Å². The molecule has 3 rings (SSSR count). The van der Waals surface area contributed by atoms with E-state index in [0.717, 1.165) is 33.0 Å². The largest absolute Gasteiger partial charge is 0.481 e. The highest BCUT2D eigenvalue weighted by molar-refractivity contribution is 7.98. The van der Waals surface area contributed by atoms with E-state index in [-0.39, 0.29) is 12.2 Å². The number of carboxylic acids is 1. The molecule has 0 saturated carbocycles. The predicted octanol–water partition coefficient (Wildman–Crippen LogP) is 5.23. The molecule has 0 atom stereocenters. The molecule has 0 spiro atoms. The summed E-state index contributed by atoms with van der Waals surface area (Å²) >= 11 is 1.69. The fourth-order valence-electron chi connectivity index (χ4n) is 3.13. The molecule has 25 heavy (non-hydrogen) atoms. The molecular formula is C21H19FO2S. The van der Waals surface area contributed by atoms with Crippen LogP contribution >= 0.6 is 11.8 Å².